The van der Waals surface area contributed by atoms with Gasteiger partial charge in [0.2, 0.25) is 0 Å². The summed E-state index contributed by atoms with van der Waals surface area (Å²) in [4.78, 5) is 12.0. The highest BCUT2D eigenvalue weighted by Crippen LogP contribution is 2.26. The van der Waals surface area contributed by atoms with Gasteiger partial charge in [-0.3, -0.25) is 4.79 Å². The van der Waals surface area contributed by atoms with Crippen LogP contribution in [0.25, 0.3) is 6.08 Å². The Morgan fingerprint density at radius 3 is 3.09 bits per heavy atom. The quantitative estimate of drug-likeness (QED) is 0.477. The second kappa shape index (κ2) is 8.76. The lowest BCUT2D eigenvalue weighted by Gasteiger charge is -2.16. The van der Waals surface area contributed by atoms with Crippen LogP contribution in [0.2, 0.25) is 0 Å². The fraction of sp³-hybridized carbons (Fsp3) is 0.333. The van der Waals surface area contributed by atoms with Crippen LogP contribution >= 0.6 is 0 Å². The molecule has 0 spiro atoms. The number of fused-ring (bicyclic) bond motifs is 1. The number of benzene rings is 1. The van der Waals surface area contributed by atoms with Crippen molar-refractivity contribution in [1.82, 2.24) is 5.32 Å². The number of nitrogens with zero attached hydrogens (tertiary/aromatic N) is 1. The van der Waals surface area contributed by atoms with Gasteiger partial charge in [-0.1, -0.05) is 18.2 Å². The number of hydrogen-bond donors (Lipinski definition) is 1. The summed E-state index contributed by atoms with van der Waals surface area (Å²) in [6.07, 6.45) is 4.23. The van der Waals surface area contributed by atoms with Crippen LogP contribution in [0.1, 0.15) is 18.9 Å². The van der Waals surface area contributed by atoms with Gasteiger partial charge in [0.25, 0.3) is 5.91 Å². The highest BCUT2D eigenvalue weighted by molar-refractivity contribution is 5.98. The van der Waals surface area contributed by atoms with Crippen LogP contribution in [-0.2, 0) is 9.53 Å². The SMILES string of the molecule is CCOCCCNC(=O)C(C#N)=CC1=Cc2ccccc2OC1. The minimum absolute atomic E-state index is 0.0793. The standard InChI is InChI=1S/C18H20N2O3/c1-2-22-9-5-8-20-18(21)16(12-19)11-14-10-15-6-3-4-7-17(15)23-13-14/h3-4,6-7,10-11H,2,5,8-9,13H2,1H3,(H,20,21). The molecular formula is C18H20N2O3. The van der Waals surface area contributed by atoms with Crippen LogP contribution in [-0.4, -0.2) is 32.3 Å². The third-order valence-electron chi connectivity index (χ3n) is 3.30. The molecule has 0 saturated carbocycles. The Morgan fingerprint density at radius 2 is 2.30 bits per heavy atom. The highest BCUT2D eigenvalue weighted by Gasteiger charge is 2.13. The van der Waals surface area contributed by atoms with E-state index in [9.17, 15) is 10.1 Å². The fourth-order valence-electron chi connectivity index (χ4n) is 2.17. The van der Waals surface area contributed by atoms with E-state index in [1.54, 1.807) is 6.08 Å². The molecule has 0 unspecified atom stereocenters. The molecule has 0 bridgehead atoms. The maximum Gasteiger partial charge on any atom is 0.261 e. The smallest absolute Gasteiger partial charge is 0.261 e. The van der Waals surface area contributed by atoms with Crippen molar-refractivity contribution in [3.05, 3.63) is 47.1 Å². The largest absolute Gasteiger partial charge is 0.488 e. The molecule has 1 heterocycles. The molecule has 2 rings (SSSR count). The van der Waals surface area contributed by atoms with Crippen LogP contribution < -0.4 is 10.1 Å². The van der Waals surface area contributed by atoms with E-state index < -0.39 is 0 Å². The van der Waals surface area contributed by atoms with Gasteiger partial charge in [-0.2, -0.15) is 5.26 Å². The molecule has 1 amide bonds. The van der Waals surface area contributed by atoms with Crippen LogP contribution in [0.3, 0.4) is 0 Å². The van der Waals surface area contributed by atoms with Gasteiger partial charge in [0.15, 0.2) is 0 Å². The number of amides is 1. The second-order valence-electron chi connectivity index (χ2n) is 5.02. The van der Waals surface area contributed by atoms with Crippen molar-refractivity contribution in [1.29, 1.82) is 5.26 Å². The molecule has 5 nitrogen and oxygen atoms in total. The predicted molar refractivity (Wildman–Crippen MR) is 87.7 cm³/mol. The molecule has 5 heteroatoms. The van der Waals surface area contributed by atoms with Gasteiger partial charge in [0.1, 0.15) is 24.0 Å². The Morgan fingerprint density at radius 1 is 1.48 bits per heavy atom. The van der Waals surface area contributed by atoms with E-state index in [1.165, 1.54) is 0 Å². The van der Waals surface area contributed by atoms with Crippen LogP contribution in [0.4, 0.5) is 0 Å². The van der Waals surface area contributed by atoms with Crippen molar-refractivity contribution in [2.75, 3.05) is 26.4 Å². The summed E-state index contributed by atoms with van der Waals surface area (Å²) in [5.74, 6) is 0.437. The summed E-state index contributed by atoms with van der Waals surface area (Å²) in [6, 6.07) is 9.60. The van der Waals surface area contributed by atoms with E-state index in [0.29, 0.717) is 26.4 Å². The van der Waals surface area contributed by atoms with Gasteiger partial charge in [-0.15, -0.1) is 0 Å². The lowest BCUT2D eigenvalue weighted by molar-refractivity contribution is -0.117. The maximum atomic E-state index is 12.0. The lowest BCUT2D eigenvalue weighted by Crippen LogP contribution is -2.26. The topological polar surface area (TPSA) is 71.3 Å². The summed E-state index contributed by atoms with van der Waals surface area (Å²) < 4.78 is 10.8. The van der Waals surface area contributed by atoms with Gasteiger partial charge >= 0.3 is 0 Å². The minimum Gasteiger partial charge on any atom is -0.488 e. The summed E-state index contributed by atoms with van der Waals surface area (Å²) >= 11 is 0. The summed E-state index contributed by atoms with van der Waals surface area (Å²) in [6.45, 7) is 4.01. The number of nitrogens with one attached hydrogen (secondary N) is 1. The van der Waals surface area contributed by atoms with Crippen molar-refractivity contribution < 1.29 is 14.3 Å². The van der Waals surface area contributed by atoms with Crippen molar-refractivity contribution in [3.8, 4) is 11.8 Å². The fourth-order valence-corrected chi connectivity index (χ4v) is 2.17. The number of carbonyl (C=O) groups excluding carboxylic acids is 1. The highest BCUT2D eigenvalue weighted by atomic mass is 16.5. The van der Waals surface area contributed by atoms with Gasteiger partial charge in [-0.05, 0) is 37.1 Å². The molecule has 0 radical (unpaired) electrons. The first-order valence-electron chi connectivity index (χ1n) is 7.64. The molecule has 0 atom stereocenters. The number of hydrogen-bond acceptors (Lipinski definition) is 4. The van der Waals surface area contributed by atoms with Gasteiger partial charge in [-0.25, -0.2) is 0 Å². The van der Waals surface area contributed by atoms with Gasteiger partial charge in [0, 0.05) is 25.3 Å². The van der Waals surface area contributed by atoms with Crippen LogP contribution in [0.5, 0.6) is 5.75 Å². The van der Waals surface area contributed by atoms with E-state index in [1.807, 2.05) is 43.3 Å². The maximum absolute atomic E-state index is 12.0. The molecule has 120 valence electrons. The average Bonchev–Trinajstić information content (AvgIpc) is 2.59. The molecule has 1 aromatic rings. The summed E-state index contributed by atoms with van der Waals surface area (Å²) in [5, 5.41) is 11.9. The van der Waals surface area contributed by atoms with E-state index in [-0.39, 0.29) is 11.5 Å². The molecule has 1 aliphatic rings. The van der Waals surface area contributed by atoms with Gasteiger partial charge < -0.3 is 14.8 Å². The third-order valence-corrected chi connectivity index (χ3v) is 3.30. The monoisotopic (exact) mass is 312 g/mol. The summed E-state index contributed by atoms with van der Waals surface area (Å²) in [5.41, 5.74) is 1.82. The molecule has 1 aliphatic heterocycles. The number of para-hydroxylation sites is 1. The first-order chi connectivity index (χ1) is 11.2. The zero-order valence-corrected chi connectivity index (χ0v) is 13.2. The molecule has 0 saturated heterocycles. The zero-order chi connectivity index (χ0) is 16.5. The number of ether oxygens (including phenoxy) is 2. The van der Waals surface area contributed by atoms with Crippen LogP contribution in [0, 0.1) is 11.3 Å². The lowest BCUT2D eigenvalue weighted by atomic mass is 10.1. The number of nitriles is 1. The van der Waals surface area contributed by atoms with E-state index in [4.69, 9.17) is 9.47 Å². The molecule has 0 aromatic heterocycles. The first kappa shape index (κ1) is 16.8. The Labute approximate surface area is 136 Å². The van der Waals surface area contributed by atoms with E-state index in [0.717, 1.165) is 23.3 Å². The number of carbonyl (C=O) groups is 1. The van der Waals surface area contributed by atoms with E-state index >= 15 is 0 Å². The third kappa shape index (κ3) is 4.97. The van der Waals surface area contributed by atoms with Crippen molar-refractivity contribution in [3.63, 3.8) is 0 Å². The zero-order valence-electron chi connectivity index (χ0n) is 13.2. The first-order valence-corrected chi connectivity index (χ1v) is 7.64. The Balaban J connectivity index is 1.98. The molecule has 1 N–H and O–H groups in total. The Kier molecular flexibility index (Phi) is 6.40. The average molecular weight is 312 g/mol. The molecule has 1 aromatic carbocycles. The van der Waals surface area contributed by atoms with Crippen molar-refractivity contribution in [2.45, 2.75) is 13.3 Å². The van der Waals surface area contributed by atoms with Crippen LogP contribution in [0.15, 0.2) is 41.5 Å². The molecule has 23 heavy (non-hydrogen) atoms. The van der Waals surface area contributed by atoms with Gasteiger partial charge in [0.05, 0.1) is 0 Å². The molecule has 0 fully saturated rings. The Hall–Kier alpha value is -2.58. The van der Waals surface area contributed by atoms with Crippen molar-refractivity contribution >= 4 is 12.0 Å². The molecule has 0 aliphatic carbocycles. The van der Waals surface area contributed by atoms with Crippen molar-refractivity contribution in [2.24, 2.45) is 0 Å². The Bertz CT molecular complexity index is 656. The normalized spacial score (nSPS) is 13.4. The minimum atomic E-state index is -0.372. The van der Waals surface area contributed by atoms with E-state index in [2.05, 4.69) is 5.32 Å². The summed E-state index contributed by atoms with van der Waals surface area (Å²) in [7, 11) is 0. The molecular weight excluding hydrogens is 292 g/mol. The predicted octanol–water partition coefficient (Wildman–Crippen LogP) is 2.46. The second-order valence-corrected chi connectivity index (χ2v) is 5.02. The number of rotatable bonds is 7.